The molecule has 3 aromatic rings. The molecule has 0 saturated heterocycles. The maximum atomic E-state index is 11.2. The fourth-order valence-corrected chi connectivity index (χ4v) is 5.12. The van der Waals surface area contributed by atoms with E-state index in [1.165, 1.54) is 21.8 Å². The molecule has 0 saturated carbocycles. The molecule has 0 radical (unpaired) electrons. The second-order valence-corrected chi connectivity index (χ2v) is 8.08. The number of carbonyl (C=O) groups excluding carboxylic acids is 1. The molecule has 1 aliphatic carbocycles. The maximum absolute atomic E-state index is 11.2. The Labute approximate surface area is 154 Å². The molecule has 5 nitrogen and oxygen atoms in total. The summed E-state index contributed by atoms with van der Waals surface area (Å²) in [5.74, 6) is 1.81. The van der Waals surface area contributed by atoms with E-state index >= 15 is 0 Å². The van der Waals surface area contributed by atoms with E-state index in [0.29, 0.717) is 5.75 Å². The van der Waals surface area contributed by atoms with Gasteiger partial charge in [0, 0.05) is 9.77 Å². The summed E-state index contributed by atoms with van der Waals surface area (Å²) < 4.78 is 0. The van der Waals surface area contributed by atoms with Crippen molar-refractivity contribution in [3.05, 3.63) is 46.6 Å². The minimum absolute atomic E-state index is 0.0853. The smallest absolute Gasteiger partial charge is 0.236 e. The van der Waals surface area contributed by atoms with E-state index in [4.69, 9.17) is 15.7 Å². The monoisotopic (exact) mass is 370 g/mol. The molecule has 0 atom stereocenters. The predicted octanol–water partition coefficient (Wildman–Crippen LogP) is 3.37. The van der Waals surface area contributed by atoms with Gasteiger partial charge in [0.2, 0.25) is 5.91 Å². The van der Waals surface area contributed by atoms with Gasteiger partial charge in [0.05, 0.1) is 17.7 Å². The highest BCUT2D eigenvalue weighted by molar-refractivity contribution is 7.98. The first kappa shape index (κ1) is 16.4. The number of hydrogen-bond acceptors (Lipinski definition) is 6. The highest BCUT2D eigenvalue weighted by Gasteiger charge is 2.22. The Balaban J connectivity index is 1.67. The van der Waals surface area contributed by atoms with Crippen LogP contribution in [-0.4, -0.2) is 22.4 Å². The Kier molecular flexibility index (Phi) is 4.59. The number of thiophene rings is 1. The number of thioether (sulfide) groups is 1. The number of nitrogens with zero attached hydrogens (tertiary/aromatic N) is 2. The van der Waals surface area contributed by atoms with Gasteiger partial charge in [-0.05, 0) is 37.0 Å². The lowest BCUT2D eigenvalue weighted by molar-refractivity contribution is -0.116. The van der Waals surface area contributed by atoms with Gasteiger partial charge >= 0.3 is 0 Å². The number of hydrogen-bond donors (Lipinski definition) is 2. The van der Waals surface area contributed by atoms with Crippen molar-refractivity contribution in [2.45, 2.75) is 29.9 Å². The van der Waals surface area contributed by atoms with Crippen molar-refractivity contribution < 1.29 is 4.79 Å². The zero-order valence-corrected chi connectivity index (χ0v) is 15.3. The van der Waals surface area contributed by atoms with Crippen molar-refractivity contribution >= 4 is 45.0 Å². The van der Waals surface area contributed by atoms with Crippen molar-refractivity contribution in [2.24, 2.45) is 5.73 Å². The Morgan fingerprint density at radius 2 is 2.08 bits per heavy atom. The Hall–Kier alpha value is -2.12. The summed E-state index contributed by atoms with van der Waals surface area (Å²) in [4.78, 5) is 24.3. The Morgan fingerprint density at radius 1 is 1.24 bits per heavy atom. The lowest BCUT2D eigenvalue weighted by atomic mass is 10.2. The summed E-state index contributed by atoms with van der Waals surface area (Å²) in [6.45, 7) is 0.0853. The van der Waals surface area contributed by atoms with E-state index < -0.39 is 0 Å². The van der Waals surface area contributed by atoms with Crippen molar-refractivity contribution in [3.8, 4) is 0 Å². The number of benzene rings is 1. The molecule has 1 aromatic carbocycles. The van der Waals surface area contributed by atoms with Gasteiger partial charge in [-0.2, -0.15) is 0 Å². The molecular weight excluding hydrogens is 352 g/mol. The first-order valence-corrected chi connectivity index (χ1v) is 10.0. The zero-order valence-electron chi connectivity index (χ0n) is 13.6. The van der Waals surface area contributed by atoms with Crippen LogP contribution in [0.3, 0.4) is 0 Å². The van der Waals surface area contributed by atoms with Crippen LogP contribution in [0, 0.1) is 0 Å². The molecule has 0 spiro atoms. The van der Waals surface area contributed by atoms with Gasteiger partial charge < -0.3 is 11.1 Å². The van der Waals surface area contributed by atoms with Gasteiger partial charge in [0.1, 0.15) is 16.5 Å². The van der Waals surface area contributed by atoms with Crippen LogP contribution in [0.15, 0.2) is 35.2 Å². The van der Waals surface area contributed by atoms with E-state index in [9.17, 15) is 4.79 Å². The van der Waals surface area contributed by atoms with Crippen LogP contribution in [0.2, 0.25) is 0 Å². The van der Waals surface area contributed by atoms with Crippen molar-refractivity contribution in [1.82, 2.24) is 9.97 Å². The minimum Gasteiger partial charge on any atom is -0.368 e. The fourth-order valence-electron chi connectivity index (χ4n) is 3.07. The lowest BCUT2D eigenvalue weighted by Gasteiger charge is -2.09. The summed E-state index contributed by atoms with van der Waals surface area (Å²) in [7, 11) is 0. The van der Waals surface area contributed by atoms with Crippen LogP contribution in [0.4, 0.5) is 5.82 Å². The molecule has 1 amide bonds. The van der Waals surface area contributed by atoms with Gasteiger partial charge in [0.25, 0.3) is 0 Å². The van der Waals surface area contributed by atoms with E-state index in [2.05, 4.69) is 17.4 Å². The first-order chi connectivity index (χ1) is 12.2. The molecule has 7 heteroatoms. The maximum Gasteiger partial charge on any atom is 0.236 e. The molecule has 0 fully saturated rings. The molecule has 2 aromatic heterocycles. The largest absolute Gasteiger partial charge is 0.368 e. The quantitative estimate of drug-likeness (QED) is 0.650. The normalized spacial score (nSPS) is 13.1. The average molecular weight is 371 g/mol. The van der Waals surface area contributed by atoms with E-state index in [0.717, 1.165) is 34.7 Å². The molecule has 2 heterocycles. The standard InChI is InChI=1S/C18H18N4OS2/c19-14(23)9-20-17-16-12-7-4-8-13(12)25-18(16)22-15(21-17)10-24-11-5-2-1-3-6-11/h1-3,5-6H,4,7-10H2,(H2,19,23)(H,20,21,22). The number of rotatable bonds is 6. The molecular formula is C18H18N4OS2. The van der Waals surface area contributed by atoms with Gasteiger partial charge in [-0.1, -0.05) is 18.2 Å². The molecule has 3 N–H and O–H groups in total. The fraction of sp³-hybridized carbons (Fsp3) is 0.278. The lowest BCUT2D eigenvalue weighted by Crippen LogP contribution is -2.22. The molecule has 1 aliphatic rings. The van der Waals surface area contributed by atoms with E-state index in [-0.39, 0.29) is 12.5 Å². The highest BCUT2D eigenvalue weighted by Crippen LogP contribution is 2.39. The number of amides is 1. The number of anilines is 1. The van der Waals surface area contributed by atoms with Crippen LogP contribution < -0.4 is 11.1 Å². The number of nitrogens with two attached hydrogens (primary N) is 1. The third kappa shape index (κ3) is 3.48. The Morgan fingerprint density at radius 3 is 2.88 bits per heavy atom. The van der Waals surface area contributed by atoms with Crippen LogP contribution in [-0.2, 0) is 23.4 Å². The minimum atomic E-state index is -0.390. The summed E-state index contributed by atoms with van der Waals surface area (Å²) in [5, 5.41) is 4.19. The SMILES string of the molecule is NC(=O)CNc1nc(CSc2ccccc2)nc2sc3c(c12)CCC3. The van der Waals surface area contributed by atoms with Crippen molar-refractivity contribution in [2.75, 3.05) is 11.9 Å². The van der Waals surface area contributed by atoms with Crippen LogP contribution in [0.25, 0.3) is 10.2 Å². The van der Waals surface area contributed by atoms with E-state index in [1.54, 1.807) is 23.1 Å². The van der Waals surface area contributed by atoms with Gasteiger partial charge in [-0.25, -0.2) is 9.97 Å². The topological polar surface area (TPSA) is 80.9 Å². The number of aryl methyl sites for hydroxylation is 2. The van der Waals surface area contributed by atoms with Gasteiger partial charge in [-0.3, -0.25) is 4.79 Å². The Bertz CT molecular complexity index is 924. The second kappa shape index (κ2) is 7.01. The van der Waals surface area contributed by atoms with Gasteiger partial charge in [0.15, 0.2) is 0 Å². The number of fused-ring (bicyclic) bond motifs is 3. The molecule has 128 valence electrons. The first-order valence-electron chi connectivity index (χ1n) is 8.22. The third-order valence-corrected chi connectivity index (χ3v) is 6.35. The summed E-state index contributed by atoms with van der Waals surface area (Å²) in [5.41, 5.74) is 6.64. The predicted molar refractivity (Wildman–Crippen MR) is 103 cm³/mol. The van der Waals surface area contributed by atoms with Crippen LogP contribution in [0.5, 0.6) is 0 Å². The molecule has 0 bridgehead atoms. The molecule has 0 unspecified atom stereocenters. The van der Waals surface area contributed by atoms with Crippen LogP contribution >= 0.6 is 23.1 Å². The molecule has 0 aliphatic heterocycles. The number of nitrogens with one attached hydrogen (secondary N) is 1. The number of carbonyl (C=O) groups is 1. The number of primary amides is 1. The van der Waals surface area contributed by atoms with Gasteiger partial charge in [-0.15, -0.1) is 23.1 Å². The average Bonchev–Trinajstić information content (AvgIpc) is 3.19. The zero-order chi connectivity index (χ0) is 17.2. The third-order valence-electron chi connectivity index (χ3n) is 4.15. The number of aromatic nitrogens is 2. The molecule has 4 rings (SSSR count). The second-order valence-electron chi connectivity index (χ2n) is 5.95. The summed E-state index contributed by atoms with van der Waals surface area (Å²) in [6.07, 6.45) is 3.35. The van der Waals surface area contributed by atoms with Crippen molar-refractivity contribution in [3.63, 3.8) is 0 Å². The van der Waals surface area contributed by atoms with E-state index in [1.807, 2.05) is 18.2 Å². The summed E-state index contributed by atoms with van der Waals surface area (Å²) in [6, 6.07) is 10.2. The highest BCUT2D eigenvalue weighted by atomic mass is 32.2. The molecule has 25 heavy (non-hydrogen) atoms. The van der Waals surface area contributed by atoms with Crippen molar-refractivity contribution in [1.29, 1.82) is 0 Å². The van der Waals surface area contributed by atoms with Crippen LogP contribution in [0.1, 0.15) is 22.7 Å². The summed E-state index contributed by atoms with van der Waals surface area (Å²) >= 11 is 3.46.